The molecule has 0 spiro atoms. The molecule has 7 nitrogen and oxygen atoms in total. The maximum atomic E-state index is 10.9. The summed E-state index contributed by atoms with van der Waals surface area (Å²) >= 11 is 2.49. The molecule has 2 aromatic heterocycles. The minimum atomic E-state index is -0.428. The fourth-order valence-corrected chi connectivity index (χ4v) is 2.71. The Morgan fingerprint density at radius 3 is 3.00 bits per heavy atom. The van der Waals surface area contributed by atoms with Crippen LogP contribution in [0.2, 0.25) is 0 Å². The van der Waals surface area contributed by atoms with Gasteiger partial charge in [0.2, 0.25) is 0 Å². The summed E-state index contributed by atoms with van der Waals surface area (Å²) in [5, 5.41) is 14.5. The van der Waals surface area contributed by atoms with Crippen molar-refractivity contribution in [1.82, 2.24) is 14.3 Å². The summed E-state index contributed by atoms with van der Waals surface area (Å²) in [4.78, 5) is 18.8. The van der Waals surface area contributed by atoms with Crippen LogP contribution in [-0.2, 0) is 0 Å². The second-order valence-corrected chi connectivity index (χ2v) is 5.59. The lowest BCUT2D eigenvalue weighted by molar-refractivity contribution is -0.385. The third kappa shape index (κ3) is 3.86. The van der Waals surface area contributed by atoms with Crippen LogP contribution in [0.25, 0.3) is 0 Å². The molecule has 0 saturated heterocycles. The standard InChI is InChI=1S/C10H11N5O2S2/c1-2-3-11-8-4-7(15(16)17)5-9(14-8)18-10-12-6-13-19-10/h4-6H,2-3H2,1H3,(H,11,14). The van der Waals surface area contributed by atoms with Gasteiger partial charge in [-0.25, -0.2) is 9.97 Å². The highest BCUT2D eigenvalue weighted by atomic mass is 32.2. The van der Waals surface area contributed by atoms with Crippen LogP contribution in [0.3, 0.4) is 0 Å². The Hall–Kier alpha value is -1.74. The third-order valence-corrected chi connectivity index (χ3v) is 3.72. The van der Waals surface area contributed by atoms with E-state index in [0.29, 0.717) is 15.2 Å². The van der Waals surface area contributed by atoms with Gasteiger partial charge < -0.3 is 5.32 Å². The highest BCUT2D eigenvalue weighted by molar-refractivity contribution is 8.00. The molecule has 2 aromatic rings. The zero-order valence-corrected chi connectivity index (χ0v) is 11.7. The van der Waals surface area contributed by atoms with Gasteiger partial charge in [-0.2, -0.15) is 4.37 Å². The number of hydrogen-bond acceptors (Lipinski definition) is 8. The van der Waals surface area contributed by atoms with Crippen LogP contribution in [0, 0.1) is 10.1 Å². The summed E-state index contributed by atoms with van der Waals surface area (Å²) < 4.78 is 4.58. The first-order valence-electron chi connectivity index (χ1n) is 5.54. The molecule has 1 N–H and O–H groups in total. The molecule has 0 aliphatic heterocycles. The SMILES string of the molecule is CCCNc1cc([N+](=O)[O-])cc(Sc2ncns2)n1. The van der Waals surface area contributed by atoms with Gasteiger partial charge in [-0.3, -0.25) is 10.1 Å². The van der Waals surface area contributed by atoms with E-state index in [2.05, 4.69) is 19.7 Å². The minimum absolute atomic E-state index is 0.0145. The van der Waals surface area contributed by atoms with Crippen LogP contribution < -0.4 is 5.32 Å². The van der Waals surface area contributed by atoms with Crippen molar-refractivity contribution >= 4 is 34.8 Å². The quantitative estimate of drug-likeness (QED) is 0.647. The Labute approximate surface area is 117 Å². The van der Waals surface area contributed by atoms with E-state index < -0.39 is 4.92 Å². The molecule has 0 aliphatic rings. The van der Waals surface area contributed by atoms with Gasteiger partial charge in [0.05, 0.1) is 11.0 Å². The zero-order chi connectivity index (χ0) is 13.7. The van der Waals surface area contributed by atoms with Crippen LogP contribution in [0.4, 0.5) is 11.5 Å². The maximum Gasteiger partial charge on any atom is 0.275 e. The molecule has 0 fully saturated rings. The number of pyridine rings is 1. The van der Waals surface area contributed by atoms with Crippen molar-refractivity contribution in [1.29, 1.82) is 0 Å². The maximum absolute atomic E-state index is 10.9. The Balaban J connectivity index is 2.25. The third-order valence-electron chi connectivity index (χ3n) is 2.09. The average Bonchev–Trinajstić information content (AvgIpc) is 2.89. The van der Waals surface area contributed by atoms with Crippen molar-refractivity contribution in [3.8, 4) is 0 Å². The fraction of sp³-hybridized carbons (Fsp3) is 0.300. The molecule has 0 unspecified atom stereocenters. The lowest BCUT2D eigenvalue weighted by atomic mass is 10.4. The summed E-state index contributed by atoms with van der Waals surface area (Å²) in [6.45, 7) is 2.73. The Bertz CT molecular complexity index is 561. The number of rotatable bonds is 6. The second-order valence-electron chi connectivity index (χ2n) is 3.54. The lowest BCUT2D eigenvalue weighted by Gasteiger charge is -2.05. The zero-order valence-electron chi connectivity index (χ0n) is 10.1. The van der Waals surface area contributed by atoms with Crippen molar-refractivity contribution in [3.63, 3.8) is 0 Å². The summed E-state index contributed by atoms with van der Waals surface area (Å²) in [5.74, 6) is 0.503. The fourth-order valence-electron chi connectivity index (χ4n) is 1.29. The van der Waals surface area contributed by atoms with Crippen molar-refractivity contribution < 1.29 is 4.92 Å². The molecule has 100 valence electrons. The first-order chi connectivity index (χ1) is 9.19. The molecule has 0 radical (unpaired) electrons. The highest BCUT2D eigenvalue weighted by Gasteiger charge is 2.13. The molecule has 0 bridgehead atoms. The molecule has 0 aliphatic carbocycles. The molecule has 2 heterocycles. The molecule has 0 amide bonds. The summed E-state index contributed by atoms with van der Waals surface area (Å²) in [6.07, 6.45) is 2.36. The van der Waals surface area contributed by atoms with Crippen molar-refractivity contribution in [2.45, 2.75) is 22.7 Å². The van der Waals surface area contributed by atoms with Crippen LogP contribution in [0.15, 0.2) is 27.8 Å². The molecule has 0 atom stereocenters. The topological polar surface area (TPSA) is 93.8 Å². The number of nitro groups is 1. The van der Waals surface area contributed by atoms with Gasteiger partial charge >= 0.3 is 0 Å². The lowest BCUT2D eigenvalue weighted by Crippen LogP contribution is -2.03. The van der Waals surface area contributed by atoms with Gasteiger partial charge in [0.1, 0.15) is 17.2 Å². The number of anilines is 1. The van der Waals surface area contributed by atoms with E-state index in [-0.39, 0.29) is 5.69 Å². The number of aromatic nitrogens is 3. The highest BCUT2D eigenvalue weighted by Crippen LogP contribution is 2.30. The van der Waals surface area contributed by atoms with E-state index in [1.807, 2.05) is 6.92 Å². The van der Waals surface area contributed by atoms with E-state index in [1.54, 1.807) is 0 Å². The van der Waals surface area contributed by atoms with Crippen LogP contribution in [-0.4, -0.2) is 25.8 Å². The van der Waals surface area contributed by atoms with Crippen LogP contribution >= 0.6 is 23.3 Å². The Morgan fingerprint density at radius 1 is 1.53 bits per heavy atom. The molecule has 0 saturated carbocycles. The Kier molecular flexibility index (Phi) is 4.63. The van der Waals surface area contributed by atoms with E-state index >= 15 is 0 Å². The summed E-state index contributed by atoms with van der Waals surface area (Å²) in [6, 6.07) is 2.86. The van der Waals surface area contributed by atoms with Crippen LogP contribution in [0.5, 0.6) is 0 Å². The number of nitrogens with one attached hydrogen (secondary N) is 1. The average molecular weight is 297 g/mol. The van der Waals surface area contributed by atoms with Gasteiger partial charge in [0, 0.05) is 12.6 Å². The molecular formula is C10H11N5O2S2. The summed E-state index contributed by atoms with van der Waals surface area (Å²) in [5.41, 5.74) is 0.0145. The van der Waals surface area contributed by atoms with Gasteiger partial charge in [0.25, 0.3) is 5.69 Å². The largest absolute Gasteiger partial charge is 0.370 e. The molecule has 9 heteroatoms. The first-order valence-corrected chi connectivity index (χ1v) is 7.13. The molecule has 2 rings (SSSR count). The smallest absolute Gasteiger partial charge is 0.275 e. The minimum Gasteiger partial charge on any atom is -0.370 e. The van der Waals surface area contributed by atoms with Gasteiger partial charge in [-0.15, -0.1) is 0 Å². The van der Waals surface area contributed by atoms with Gasteiger partial charge in [-0.1, -0.05) is 6.92 Å². The number of hydrogen-bond donors (Lipinski definition) is 1. The molecule has 0 aromatic carbocycles. The van der Waals surface area contributed by atoms with Crippen molar-refractivity contribution in [2.75, 3.05) is 11.9 Å². The predicted molar refractivity (Wildman–Crippen MR) is 73.7 cm³/mol. The first kappa shape index (κ1) is 13.7. The predicted octanol–water partition coefficient (Wildman–Crippen LogP) is 2.81. The monoisotopic (exact) mass is 297 g/mol. The van der Waals surface area contributed by atoms with E-state index in [1.165, 1.54) is 41.8 Å². The van der Waals surface area contributed by atoms with Gasteiger partial charge in [0.15, 0.2) is 4.34 Å². The van der Waals surface area contributed by atoms with Crippen molar-refractivity contribution in [3.05, 3.63) is 28.6 Å². The van der Waals surface area contributed by atoms with E-state index in [9.17, 15) is 10.1 Å². The second kappa shape index (κ2) is 6.43. The normalized spacial score (nSPS) is 10.4. The molecular weight excluding hydrogens is 286 g/mol. The summed E-state index contributed by atoms with van der Waals surface area (Å²) in [7, 11) is 0. The Morgan fingerprint density at radius 2 is 2.37 bits per heavy atom. The molecule has 19 heavy (non-hydrogen) atoms. The number of nitrogens with zero attached hydrogens (tertiary/aromatic N) is 4. The van der Waals surface area contributed by atoms with Gasteiger partial charge in [-0.05, 0) is 29.7 Å². The van der Waals surface area contributed by atoms with Crippen molar-refractivity contribution in [2.24, 2.45) is 0 Å². The van der Waals surface area contributed by atoms with E-state index in [4.69, 9.17) is 0 Å². The van der Waals surface area contributed by atoms with Crippen LogP contribution in [0.1, 0.15) is 13.3 Å². The van der Waals surface area contributed by atoms with E-state index in [0.717, 1.165) is 13.0 Å².